The molecule has 2 amide bonds. The van der Waals surface area contributed by atoms with Crippen LogP contribution in [0.1, 0.15) is 34.1 Å². The number of hydrogen-bond acceptors (Lipinski definition) is 3. The van der Waals surface area contributed by atoms with E-state index in [1.807, 2.05) is 16.7 Å². The monoisotopic (exact) mass is 288 g/mol. The summed E-state index contributed by atoms with van der Waals surface area (Å²) in [4.78, 5) is 14.2. The Morgan fingerprint density at radius 2 is 2.16 bits per heavy atom. The second-order valence-electron chi connectivity index (χ2n) is 6.22. The molecule has 0 aromatic rings. The molecule has 0 bridgehead atoms. The maximum absolute atomic E-state index is 12.3. The number of nitrogens with one attached hydrogen (secondary N) is 1. The van der Waals surface area contributed by atoms with Crippen LogP contribution in [0.2, 0.25) is 0 Å². The van der Waals surface area contributed by atoms with Gasteiger partial charge in [-0.15, -0.1) is 0 Å². The number of methoxy groups -OCH3 is 1. The molecule has 2 atom stereocenters. The van der Waals surface area contributed by atoms with Gasteiger partial charge in [-0.05, 0) is 24.5 Å². The number of hydrogen-bond donors (Lipinski definition) is 1. The Balaban J connectivity index is 2.49. The van der Waals surface area contributed by atoms with E-state index in [0.29, 0.717) is 12.6 Å². The SMILES string of the molecule is CO[C@@H](CNC(=O)N1CCSCC[C@@H]1C)C(C)(C)C. The van der Waals surface area contributed by atoms with Crippen molar-refractivity contribution < 1.29 is 9.53 Å². The van der Waals surface area contributed by atoms with Crippen LogP contribution in [-0.2, 0) is 4.74 Å². The van der Waals surface area contributed by atoms with Crippen molar-refractivity contribution in [3.8, 4) is 0 Å². The van der Waals surface area contributed by atoms with Crippen LogP contribution in [0.3, 0.4) is 0 Å². The van der Waals surface area contributed by atoms with Crippen LogP contribution in [0, 0.1) is 5.41 Å². The quantitative estimate of drug-likeness (QED) is 0.868. The molecule has 0 aromatic heterocycles. The first-order chi connectivity index (χ1) is 8.86. The average Bonchev–Trinajstić information content (AvgIpc) is 2.52. The Bertz CT molecular complexity index is 292. The van der Waals surface area contributed by atoms with E-state index in [4.69, 9.17) is 4.74 Å². The topological polar surface area (TPSA) is 41.6 Å². The first kappa shape index (κ1) is 16.6. The van der Waals surface area contributed by atoms with Crippen molar-refractivity contribution in [1.29, 1.82) is 0 Å². The molecule has 1 aliphatic rings. The smallest absolute Gasteiger partial charge is 0.317 e. The van der Waals surface area contributed by atoms with Gasteiger partial charge < -0.3 is 15.0 Å². The van der Waals surface area contributed by atoms with Gasteiger partial charge in [0.15, 0.2) is 0 Å². The Labute approximate surface area is 121 Å². The Morgan fingerprint density at radius 1 is 1.47 bits per heavy atom. The zero-order chi connectivity index (χ0) is 14.5. The summed E-state index contributed by atoms with van der Waals surface area (Å²) in [6.45, 7) is 9.90. The molecular formula is C14H28N2O2S. The van der Waals surface area contributed by atoms with Gasteiger partial charge in [0.05, 0.1) is 6.10 Å². The third-order valence-electron chi connectivity index (χ3n) is 3.64. The number of urea groups is 1. The lowest BCUT2D eigenvalue weighted by molar-refractivity contribution is 0.0183. The second kappa shape index (κ2) is 7.39. The van der Waals surface area contributed by atoms with Crippen LogP contribution in [0.25, 0.3) is 0 Å². The predicted octanol–water partition coefficient (Wildman–Crippen LogP) is 2.58. The third kappa shape index (κ3) is 5.22. The maximum Gasteiger partial charge on any atom is 0.317 e. The van der Waals surface area contributed by atoms with Crippen LogP contribution in [0.15, 0.2) is 0 Å². The predicted molar refractivity (Wildman–Crippen MR) is 81.8 cm³/mol. The van der Waals surface area contributed by atoms with Crippen LogP contribution in [-0.4, -0.2) is 54.8 Å². The number of rotatable bonds is 3. The van der Waals surface area contributed by atoms with E-state index in [2.05, 4.69) is 33.0 Å². The van der Waals surface area contributed by atoms with Gasteiger partial charge in [-0.2, -0.15) is 11.8 Å². The van der Waals surface area contributed by atoms with Gasteiger partial charge in [-0.1, -0.05) is 20.8 Å². The van der Waals surface area contributed by atoms with E-state index in [0.717, 1.165) is 24.5 Å². The highest BCUT2D eigenvalue weighted by Gasteiger charge is 2.27. The van der Waals surface area contributed by atoms with Gasteiger partial charge >= 0.3 is 6.03 Å². The van der Waals surface area contributed by atoms with Crippen molar-refractivity contribution >= 4 is 17.8 Å². The second-order valence-corrected chi connectivity index (χ2v) is 7.44. The van der Waals surface area contributed by atoms with Crippen LogP contribution in [0.4, 0.5) is 4.79 Å². The first-order valence-corrected chi connectivity index (χ1v) is 8.16. The highest BCUT2D eigenvalue weighted by Crippen LogP contribution is 2.21. The minimum atomic E-state index is 0.0300. The van der Waals surface area contributed by atoms with Gasteiger partial charge in [0.25, 0.3) is 0 Å². The molecule has 0 aromatic carbocycles. The minimum Gasteiger partial charge on any atom is -0.379 e. The molecule has 1 saturated heterocycles. The van der Waals surface area contributed by atoms with Crippen molar-refractivity contribution in [2.45, 2.75) is 46.3 Å². The van der Waals surface area contributed by atoms with Gasteiger partial charge in [0, 0.05) is 32.0 Å². The fraction of sp³-hybridized carbons (Fsp3) is 0.929. The molecule has 4 nitrogen and oxygen atoms in total. The molecule has 0 spiro atoms. The highest BCUT2D eigenvalue weighted by molar-refractivity contribution is 7.99. The average molecular weight is 288 g/mol. The third-order valence-corrected chi connectivity index (χ3v) is 4.63. The molecule has 0 aliphatic carbocycles. The van der Waals surface area contributed by atoms with Crippen LogP contribution >= 0.6 is 11.8 Å². The van der Waals surface area contributed by atoms with Crippen molar-refractivity contribution in [1.82, 2.24) is 10.2 Å². The summed E-state index contributed by atoms with van der Waals surface area (Å²) in [6.07, 6.45) is 1.11. The van der Waals surface area contributed by atoms with Crippen molar-refractivity contribution in [2.75, 3.05) is 31.7 Å². The Hall–Kier alpha value is -0.420. The van der Waals surface area contributed by atoms with E-state index in [9.17, 15) is 4.79 Å². The number of amides is 2. The van der Waals surface area contributed by atoms with E-state index in [-0.39, 0.29) is 17.6 Å². The standard InChI is InChI=1S/C14H28N2O2S/c1-11-6-8-19-9-7-16(11)13(17)15-10-12(18-5)14(2,3)4/h11-12H,6-10H2,1-5H3,(H,15,17)/t11-,12-/m0/s1. The zero-order valence-corrected chi connectivity index (χ0v) is 13.7. The molecule has 1 fully saturated rings. The minimum absolute atomic E-state index is 0.0300. The van der Waals surface area contributed by atoms with Crippen molar-refractivity contribution in [2.24, 2.45) is 5.41 Å². The molecule has 1 heterocycles. The molecular weight excluding hydrogens is 260 g/mol. The van der Waals surface area contributed by atoms with E-state index in [1.165, 1.54) is 0 Å². The van der Waals surface area contributed by atoms with E-state index < -0.39 is 0 Å². The summed E-state index contributed by atoms with van der Waals surface area (Å²) in [5.74, 6) is 2.18. The molecule has 0 saturated carbocycles. The lowest BCUT2D eigenvalue weighted by Gasteiger charge is -2.32. The Morgan fingerprint density at radius 3 is 2.74 bits per heavy atom. The van der Waals surface area contributed by atoms with Gasteiger partial charge in [-0.3, -0.25) is 0 Å². The highest BCUT2D eigenvalue weighted by atomic mass is 32.2. The normalized spacial score (nSPS) is 22.8. The molecule has 0 unspecified atom stereocenters. The largest absolute Gasteiger partial charge is 0.379 e. The van der Waals surface area contributed by atoms with E-state index >= 15 is 0 Å². The van der Waals surface area contributed by atoms with Gasteiger partial charge in [0.1, 0.15) is 0 Å². The van der Waals surface area contributed by atoms with E-state index in [1.54, 1.807) is 7.11 Å². The number of thioether (sulfide) groups is 1. The summed E-state index contributed by atoms with van der Waals surface area (Å²) < 4.78 is 5.47. The summed E-state index contributed by atoms with van der Waals surface area (Å²) in [5, 5.41) is 3.02. The number of carbonyl (C=O) groups is 1. The molecule has 0 radical (unpaired) electrons. The van der Waals surface area contributed by atoms with Crippen LogP contribution in [0.5, 0.6) is 0 Å². The fourth-order valence-electron chi connectivity index (χ4n) is 2.22. The maximum atomic E-state index is 12.3. The number of carbonyl (C=O) groups excluding carboxylic acids is 1. The summed E-state index contributed by atoms with van der Waals surface area (Å²) in [5.41, 5.74) is 0.0300. The first-order valence-electron chi connectivity index (χ1n) is 7.01. The summed E-state index contributed by atoms with van der Waals surface area (Å²) in [7, 11) is 1.70. The molecule has 112 valence electrons. The van der Waals surface area contributed by atoms with Gasteiger partial charge in [0.2, 0.25) is 0 Å². The lowest BCUT2D eigenvalue weighted by Crippen LogP contribution is -2.49. The molecule has 1 rings (SSSR count). The van der Waals surface area contributed by atoms with Gasteiger partial charge in [-0.25, -0.2) is 4.79 Å². The molecule has 5 heteroatoms. The summed E-state index contributed by atoms with van der Waals surface area (Å²) >= 11 is 1.93. The zero-order valence-electron chi connectivity index (χ0n) is 12.9. The van der Waals surface area contributed by atoms with Crippen LogP contribution < -0.4 is 5.32 Å². The van der Waals surface area contributed by atoms with Crippen molar-refractivity contribution in [3.63, 3.8) is 0 Å². The Kier molecular flexibility index (Phi) is 6.47. The fourth-order valence-corrected chi connectivity index (χ4v) is 3.26. The molecule has 19 heavy (non-hydrogen) atoms. The molecule has 1 aliphatic heterocycles. The number of nitrogens with zero attached hydrogens (tertiary/aromatic N) is 1. The van der Waals surface area contributed by atoms with Crippen molar-refractivity contribution in [3.05, 3.63) is 0 Å². The lowest BCUT2D eigenvalue weighted by atomic mass is 9.89. The summed E-state index contributed by atoms with van der Waals surface area (Å²) in [6, 6.07) is 0.368. The molecule has 1 N–H and O–H groups in total. The number of ether oxygens (including phenoxy) is 1.